The first-order valence-electron chi connectivity index (χ1n) is 8.90. The summed E-state index contributed by atoms with van der Waals surface area (Å²) >= 11 is 1.60. The molecule has 1 rings (SSSR count). The number of nitrogens with one attached hydrogen (secondary N) is 1. The first-order chi connectivity index (χ1) is 11.8. The van der Waals surface area contributed by atoms with Gasteiger partial charge >= 0.3 is 5.97 Å². The standard InChI is InChI=1S/C19H31NO3S/c1-3-5-12-22-15-18(14-20-17-10-8-7-9-11-17)24-16-19(21)23-13-6-4-2/h7-11,18,20H,3-6,12-16H2,1-2H3. The molecule has 0 heterocycles. The zero-order valence-corrected chi connectivity index (χ0v) is 15.8. The van der Waals surface area contributed by atoms with E-state index in [1.165, 1.54) is 0 Å². The van der Waals surface area contributed by atoms with Crippen molar-refractivity contribution in [1.82, 2.24) is 0 Å². The average molecular weight is 354 g/mol. The molecule has 4 nitrogen and oxygen atoms in total. The number of hydrogen-bond donors (Lipinski definition) is 1. The van der Waals surface area contributed by atoms with E-state index in [-0.39, 0.29) is 11.2 Å². The Balaban J connectivity index is 2.34. The van der Waals surface area contributed by atoms with Gasteiger partial charge in [0.1, 0.15) is 0 Å². The van der Waals surface area contributed by atoms with Gasteiger partial charge in [-0.05, 0) is 25.0 Å². The van der Waals surface area contributed by atoms with Gasteiger partial charge in [0.2, 0.25) is 0 Å². The molecule has 0 saturated heterocycles. The van der Waals surface area contributed by atoms with Crippen LogP contribution in [0.2, 0.25) is 0 Å². The summed E-state index contributed by atoms with van der Waals surface area (Å²) in [5, 5.41) is 3.63. The lowest BCUT2D eigenvalue weighted by Crippen LogP contribution is -2.24. The van der Waals surface area contributed by atoms with E-state index in [2.05, 4.69) is 19.2 Å². The third-order valence-electron chi connectivity index (χ3n) is 3.45. The SMILES string of the molecule is CCCCOCC(CNc1ccccc1)SCC(=O)OCCCC. The van der Waals surface area contributed by atoms with Crippen molar-refractivity contribution in [2.45, 2.75) is 44.8 Å². The molecule has 1 atom stereocenters. The number of benzene rings is 1. The molecule has 0 amide bonds. The van der Waals surface area contributed by atoms with E-state index in [9.17, 15) is 4.79 Å². The zero-order valence-electron chi connectivity index (χ0n) is 15.0. The lowest BCUT2D eigenvalue weighted by molar-refractivity contribution is -0.140. The largest absolute Gasteiger partial charge is 0.465 e. The molecule has 0 aliphatic carbocycles. The fraction of sp³-hybridized carbons (Fsp3) is 0.632. The van der Waals surface area contributed by atoms with Crippen molar-refractivity contribution in [2.75, 3.05) is 37.4 Å². The Morgan fingerprint density at radius 3 is 2.54 bits per heavy atom. The first-order valence-corrected chi connectivity index (χ1v) is 9.95. The molecule has 0 aromatic heterocycles. The molecule has 1 N–H and O–H groups in total. The number of carbonyl (C=O) groups is 1. The number of esters is 1. The maximum Gasteiger partial charge on any atom is 0.315 e. The van der Waals surface area contributed by atoms with Crippen LogP contribution in [0.4, 0.5) is 5.69 Å². The third-order valence-corrected chi connectivity index (χ3v) is 4.63. The molecule has 0 fully saturated rings. The highest BCUT2D eigenvalue weighted by molar-refractivity contribution is 8.00. The fourth-order valence-electron chi connectivity index (χ4n) is 1.97. The summed E-state index contributed by atoms with van der Waals surface area (Å²) < 4.78 is 11.0. The predicted octanol–water partition coefficient (Wildman–Crippen LogP) is 4.36. The number of carbonyl (C=O) groups excluding carboxylic acids is 1. The number of para-hydroxylation sites is 1. The summed E-state index contributed by atoms with van der Waals surface area (Å²) in [6.07, 6.45) is 4.16. The molecule has 0 aliphatic heterocycles. The normalized spacial score (nSPS) is 11.9. The molecule has 1 aromatic carbocycles. The second-order valence-electron chi connectivity index (χ2n) is 5.68. The molecular weight excluding hydrogens is 322 g/mol. The van der Waals surface area contributed by atoms with Crippen LogP contribution in [0.15, 0.2) is 30.3 Å². The van der Waals surface area contributed by atoms with Crippen LogP contribution >= 0.6 is 11.8 Å². The Bertz CT molecular complexity index is 428. The minimum atomic E-state index is -0.133. The number of hydrogen-bond acceptors (Lipinski definition) is 5. The highest BCUT2D eigenvalue weighted by Gasteiger charge is 2.13. The molecule has 0 aliphatic rings. The predicted molar refractivity (Wildman–Crippen MR) is 103 cm³/mol. The van der Waals surface area contributed by atoms with Crippen molar-refractivity contribution in [3.63, 3.8) is 0 Å². The van der Waals surface area contributed by atoms with E-state index >= 15 is 0 Å². The van der Waals surface area contributed by atoms with E-state index in [1.807, 2.05) is 30.3 Å². The van der Waals surface area contributed by atoms with Gasteiger partial charge in [0, 0.05) is 24.1 Å². The average Bonchev–Trinajstić information content (AvgIpc) is 2.61. The Hall–Kier alpha value is -1.20. The molecule has 1 unspecified atom stereocenters. The maximum atomic E-state index is 11.8. The van der Waals surface area contributed by atoms with Crippen molar-refractivity contribution in [1.29, 1.82) is 0 Å². The Labute approximate surface area is 150 Å². The van der Waals surface area contributed by atoms with Crippen molar-refractivity contribution in [3.05, 3.63) is 30.3 Å². The van der Waals surface area contributed by atoms with Gasteiger partial charge in [-0.2, -0.15) is 0 Å². The van der Waals surface area contributed by atoms with Crippen molar-refractivity contribution in [3.8, 4) is 0 Å². The van der Waals surface area contributed by atoms with Gasteiger partial charge in [0.25, 0.3) is 0 Å². The molecular formula is C19H31NO3S. The molecule has 0 saturated carbocycles. The first kappa shape index (κ1) is 20.8. The number of thioether (sulfide) groups is 1. The molecule has 0 spiro atoms. The molecule has 0 radical (unpaired) electrons. The van der Waals surface area contributed by atoms with Gasteiger partial charge < -0.3 is 14.8 Å². The number of rotatable bonds is 14. The monoisotopic (exact) mass is 353 g/mol. The van der Waals surface area contributed by atoms with Gasteiger partial charge in [-0.3, -0.25) is 4.79 Å². The third kappa shape index (κ3) is 10.6. The van der Waals surface area contributed by atoms with E-state index in [4.69, 9.17) is 9.47 Å². The Morgan fingerprint density at radius 1 is 1.12 bits per heavy atom. The van der Waals surface area contributed by atoms with Crippen molar-refractivity contribution < 1.29 is 14.3 Å². The van der Waals surface area contributed by atoms with Gasteiger partial charge in [0.15, 0.2) is 0 Å². The lowest BCUT2D eigenvalue weighted by Gasteiger charge is -2.18. The summed E-state index contributed by atoms with van der Waals surface area (Å²) in [6, 6.07) is 10.1. The quantitative estimate of drug-likeness (QED) is 0.398. The zero-order chi connectivity index (χ0) is 17.5. The number of anilines is 1. The van der Waals surface area contributed by atoms with Crippen LogP contribution in [0, 0.1) is 0 Å². The van der Waals surface area contributed by atoms with E-state index < -0.39 is 0 Å². The maximum absolute atomic E-state index is 11.8. The van der Waals surface area contributed by atoms with Crippen LogP contribution in [0.5, 0.6) is 0 Å². The minimum absolute atomic E-state index is 0.133. The Morgan fingerprint density at radius 2 is 1.83 bits per heavy atom. The highest BCUT2D eigenvalue weighted by atomic mass is 32.2. The molecule has 1 aromatic rings. The van der Waals surface area contributed by atoms with Crippen LogP contribution in [-0.2, 0) is 14.3 Å². The molecule has 136 valence electrons. The highest BCUT2D eigenvalue weighted by Crippen LogP contribution is 2.15. The lowest BCUT2D eigenvalue weighted by atomic mass is 10.3. The second kappa shape index (κ2) is 14.2. The second-order valence-corrected chi connectivity index (χ2v) is 6.97. The van der Waals surface area contributed by atoms with Crippen LogP contribution in [0.3, 0.4) is 0 Å². The van der Waals surface area contributed by atoms with Crippen LogP contribution in [-0.4, -0.2) is 43.3 Å². The topological polar surface area (TPSA) is 47.6 Å². The van der Waals surface area contributed by atoms with Gasteiger partial charge in [-0.15, -0.1) is 11.8 Å². The smallest absolute Gasteiger partial charge is 0.315 e. The minimum Gasteiger partial charge on any atom is -0.465 e. The van der Waals surface area contributed by atoms with Gasteiger partial charge in [0.05, 0.1) is 19.0 Å². The summed E-state index contributed by atoms with van der Waals surface area (Å²) in [5.41, 5.74) is 1.09. The van der Waals surface area contributed by atoms with Crippen LogP contribution < -0.4 is 5.32 Å². The number of unbranched alkanes of at least 4 members (excludes halogenated alkanes) is 2. The van der Waals surface area contributed by atoms with Crippen molar-refractivity contribution in [2.24, 2.45) is 0 Å². The Kier molecular flexibility index (Phi) is 12.3. The van der Waals surface area contributed by atoms with Crippen LogP contribution in [0.25, 0.3) is 0 Å². The summed E-state index contributed by atoms with van der Waals surface area (Å²) in [4.78, 5) is 11.8. The molecule has 0 bridgehead atoms. The van der Waals surface area contributed by atoms with Gasteiger partial charge in [-0.1, -0.05) is 44.9 Å². The summed E-state index contributed by atoms with van der Waals surface area (Å²) in [5.74, 6) is 0.244. The number of ether oxygens (including phenoxy) is 2. The van der Waals surface area contributed by atoms with Crippen LogP contribution in [0.1, 0.15) is 39.5 Å². The summed E-state index contributed by atoms with van der Waals surface area (Å²) in [7, 11) is 0. The summed E-state index contributed by atoms with van der Waals surface area (Å²) in [6.45, 7) is 6.95. The van der Waals surface area contributed by atoms with Crippen molar-refractivity contribution >= 4 is 23.4 Å². The van der Waals surface area contributed by atoms with E-state index in [1.54, 1.807) is 11.8 Å². The molecule has 5 heteroatoms. The van der Waals surface area contributed by atoms with E-state index in [0.29, 0.717) is 19.0 Å². The fourth-order valence-corrected chi connectivity index (χ4v) is 2.82. The van der Waals surface area contributed by atoms with Gasteiger partial charge in [-0.25, -0.2) is 0 Å². The van der Waals surface area contributed by atoms with E-state index in [0.717, 1.165) is 44.5 Å². The molecule has 24 heavy (non-hydrogen) atoms.